The average Bonchev–Trinajstić information content (AvgIpc) is 3.13. The van der Waals surface area contributed by atoms with Gasteiger partial charge in [-0.25, -0.2) is 9.50 Å². The van der Waals surface area contributed by atoms with Gasteiger partial charge in [0.25, 0.3) is 0 Å². The van der Waals surface area contributed by atoms with E-state index in [-0.39, 0.29) is 12.5 Å². The molecule has 1 unspecified atom stereocenters. The van der Waals surface area contributed by atoms with E-state index in [0.717, 1.165) is 5.57 Å². The fraction of sp³-hybridized carbons (Fsp3) is 0.619. The Morgan fingerprint density at radius 3 is 2.50 bits per heavy atom. The third kappa shape index (κ3) is 4.07. The van der Waals surface area contributed by atoms with E-state index >= 15 is 0 Å². The van der Waals surface area contributed by atoms with Gasteiger partial charge in [0.1, 0.15) is 10.6 Å². The van der Waals surface area contributed by atoms with Crippen molar-refractivity contribution in [2.45, 2.75) is 70.8 Å². The van der Waals surface area contributed by atoms with E-state index < -0.39 is 23.3 Å². The molecule has 30 heavy (non-hydrogen) atoms. The number of nitrogens with zero attached hydrogens (tertiary/aromatic N) is 3. The number of rotatable bonds is 5. The second-order valence-corrected chi connectivity index (χ2v) is 9.94. The van der Waals surface area contributed by atoms with E-state index in [1.165, 1.54) is 23.5 Å². The van der Waals surface area contributed by atoms with Crippen molar-refractivity contribution in [1.82, 2.24) is 14.6 Å². The van der Waals surface area contributed by atoms with Crippen molar-refractivity contribution in [3.63, 3.8) is 0 Å². The van der Waals surface area contributed by atoms with E-state index in [4.69, 9.17) is 0 Å². The van der Waals surface area contributed by atoms with E-state index in [1.807, 2.05) is 6.92 Å². The van der Waals surface area contributed by atoms with Gasteiger partial charge < -0.3 is 10.2 Å². The van der Waals surface area contributed by atoms with Crippen LogP contribution in [0, 0.1) is 18.8 Å². The van der Waals surface area contributed by atoms with Gasteiger partial charge in [-0.05, 0) is 70.3 Å². The molecule has 2 aliphatic rings. The molecule has 1 saturated carbocycles. The number of hydrogen-bond acceptors (Lipinski definition) is 5. The zero-order valence-corrected chi connectivity index (χ0v) is 18.0. The Kier molecular flexibility index (Phi) is 5.35. The molecule has 0 saturated heterocycles. The number of hydrogen-bond donors (Lipinski definition) is 2. The van der Waals surface area contributed by atoms with Crippen molar-refractivity contribution in [3.05, 3.63) is 34.1 Å². The normalized spacial score (nSPS) is 25.3. The molecule has 0 bridgehead atoms. The summed E-state index contributed by atoms with van der Waals surface area (Å²) in [5, 5.41) is 24.7. The van der Waals surface area contributed by atoms with Crippen LogP contribution in [0.4, 0.5) is 13.2 Å². The van der Waals surface area contributed by atoms with Crippen LogP contribution in [0.5, 0.6) is 0 Å². The molecule has 0 aromatic carbocycles. The molecule has 0 amide bonds. The first kappa shape index (κ1) is 21.5. The molecule has 2 heterocycles. The molecule has 0 aliphatic heterocycles. The van der Waals surface area contributed by atoms with Crippen molar-refractivity contribution in [1.29, 1.82) is 0 Å². The fourth-order valence-corrected chi connectivity index (χ4v) is 5.31. The summed E-state index contributed by atoms with van der Waals surface area (Å²) >= 11 is 1.28. The van der Waals surface area contributed by atoms with Gasteiger partial charge >= 0.3 is 6.18 Å². The highest BCUT2D eigenvalue weighted by atomic mass is 32.1. The predicted octanol–water partition coefficient (Wildman–Crippen LogP) is 4.77. The summed E-state index contributed by atoms with van der Waals surface area (Å²) in [5.74, 6) is -0.319. The topological polar surface area (TPSA) is 70.7 Å². The Balaban J connectivity index is 1.65. The van der Waals surface area contributed by atoms with Crippen molar-refractivity contribution >= 4 is 21.9 Å². The van der Waals surface area contributed by atoms with Crippen molar-refractivity contribution < 1.29 is 23.4 Å². The molecular weight excluding hydrogens is 415 g/mol. The average molecular weight is 442 g/mol. The van der Waals surface area contributed by atoms with E-state index in [2.05, 4.69) is 10.1 Å². The van der Waals surface area contributed by atoms with Crippen LogP contribution in [0.15, 0.2) is 17.7 Å². The lowest BCUT2D eigenvalue weighted by Crippen LogP contribution is -2.29. The number of imidazole rings is 1. The molecule has 2 aliphatic carbocycles. The minimum absolute atomic E-state index is 0.268. The lowest BCUT2D eigenvalue weighted by atomic mass is 9.75. The number of allylic oxidation sites excluding steroid dienone is 4. The van der Waals surface area contributed by atoms with Gasteiger partial charge in [0.05, 0.1) is 17.5 Å². The second-order valence-electron chi connectivity index (χ2n) is 8.99. The van der Waals surface area contributed by atoms with Crippen LogP contribution in [0.1, 0.15) is 62.3 Å². The van der Waals surface area contributed by atoms with Crippen molar-refractivity contribution in [3.8, 4) is 0 Å². The number of aliphatic hydroxyl groups excluding tert-OH is 1. The van der Waals surface area contributed by atoms with Gasteiger partial charge in [0.2, 0.25) is 4.96 Å². The maximum atomic E-state index is 13.6. The van der Waals surface area contributed by atoms with Gasteiger partial charge in [-0.2, -0.15) is 18.3 Å². The van der Waals surface area contributed by atoms with Gasteiger partial charge in [0, 0.05) is 5.57 Å². The molecule has 164 valence electrons. The summed E-state index contributed by atoms with van der Waals surface area (Å²) in [6.45, 7) is 5.11. The summed E-state index contributed by atoms with van der Waals surface area (Å²) in [6.07, 6.45) is 0.824. The van der Waals surface area contributed by atoms with Gasteiger partial charge in [-0.3, -0.25) is 0 Å². The zero-order valence-electron chi connectivity index (χ0n) is 17.2. The number of alkyl halides is 3. The number of aromatic nitrogens is 3. The van der Waals surface area contributed by atoms with Crippen LogP contribution in [0.3, 0.4) is 0 Å². The molecule has 9 heteroatoms. The highest BCUT2D eigenvalue weighted by Gasteiger charge is 2.41. The van der Waals surface area contributed by atoms with Gasteiger partial charge in [-0.15, -0.1) is 0 Å². The third-order valence-electron chi connectivity index (χ3n) is 6.04. The zero-order chi connectivity index (χ0) is 21.8. The first-order valence-electron chi connectivity index (χ1n) is 10.2. The Hall–Kier alpha value is -1.71. The van der Waals surface area contributed by atoms with Crippen LogP contribution in [0.2, 0.25) is 0 Å². The largest absolute Gasteiger partial charge is 0.412 e. The van der Waals surface area contributed by atoms with E-state index in [9.17, 15) is 23.4 Å². The highest BCUT2D eigenvalue weighted by Crippen LogP contribution is 2.44. The third-order valence-corrected chi connectivity index (χ3v) is 7.26. The smallest absolute Gasteiger partial charge is 0.393 e. The summed E-state index contributed by atoms with van der Waals surface area (Å²) in [6, 6.07) is 0. The Morgan fingerprint density at radius 1 is 1.20 bits per heavy atom. The van der Waals surface area contributed by atoms with Crippen LogP contribution in [-0.4, -0.2) is 37.1 Å². The maximum absolute atomic E-state index is 13.6. The number of halogens is 3. The van der Waals surface area contributed by atoms with Gasteiger partial charge in [-0.1, -0.05) is 23.5 Å². The SMILES string of the molecule is Cc1nc2sc(C(C)(C)O)nn2c1C1=CC=C(C(F)(F)F)C(CC[C@H]2C[C@H](O)C2)C1. The Bertz CT molecular complexity index is 1010. The molecule has 1 atom stereocenters. The second kappa shape index (κ2) is 7.46. The molecule has 0 radical (unpaired) electrons. The van der Waals surface area contributed by atoms with E-state index in [1.54, 1.807) is 18.4 Å². The Labute approximate surface area is 176 Å². The standard InChI is InChI=1S/C21H26F3N3O2S/c1-11-17(27-19(25-11)30-18(26-27)20(2,3)29)14-6-7-16(21(22,23)24)13(10-14)5-4-12-8-15(28)9-12/h6-7,12-13,15,28-29H,4-5,8-10H2,1-3H3/t12-,13?,15-. The number of aliphatic hydroxyl groups is 2. The molecule has 4 rings (SSSR count). The quantitative estimate of drug-likeness (QED) is 0.701. The van der Waals surface area contributed by atoms with Crippen molar-refractivity contribution in [2.75, 3.05) is 0 Å². The summed E-state index contributed by atoms with van der Waals surface area (Å²) < 4.78 is 42.5. The van der Waals surface area contributed by atoms with Crippen LogP contribution in [0.25, 0.3) is 10.5 Å². The van der Waals surface area contributed by atoms with Crippen LogP contribution < -0.4 is 0 Å². The van der Waals surface area contributed by atoms with Crippen molar-refractivity contribution in [2.24, 2.45) is 11.8 Å². The molecular formula is C21H26F3N3O2S. The molecule has 0 spiro atoms. The first-order valence-corrected chi connectivity index (χ1v) is 11.0. The minimum atomic E-state index is -4.36. The molecule has 5 nitrogen and oxygen atoms in total. The molecule has 1 fully saturated rings. The maximum Gasteiger partial charge on any atom is 0.412 e. The fourth-order valence-electron chi connectivity index (χ4n) is 4.37. The highest BCUT2D eigenvalue weighted by molar-refractivity contribution is 7.16. The Morgan fingerprint density at radius 2 is 1.90 bits per heavy atom. The van der Waals surface area contributed by atoms with E-state index in [0.29, 0.717) is 53.0 Å². The number of aryl methyl sites for hydroxylation is 1. The molecule has 2 aromatic heterocycles. The summed E-state index contributed by atoms with van der Waals surface area (Å²) in [5.41, 5.74) is 0.598. The van der Waals surface area contributed by atoms with Gasteiger partial charge in [0.15, 0.2) is 0 Å². The molecule has 2 aromatic rings. The van der Waals surface area contributed by atoms with Crippen LogP contribution >= 0.6 is 11.3 Å². The molecule has 2 N–H and O–H groups in total. The lowest BCUT2D eigenvalue weighted by molar-refractivity contribution is -0.0998. The monoisotopic (exact) mass is 441 g/mol. The first-order chi connectivity index (χ1) is 13.9. The summed E-state index contributed by atoms with van der Waals surface area (Å²) in [7, 11) is 0. The summed E-state index contributed by atoms with van der Waals surface area (Å²) in [4.78, 5) is 5.13. The predicted molar refractivity (Wildman–Crippen MR) is 109 cm³/mol. The minimum Gasteiger partial charge on any atom is -0.393 e. The van der Waals surface area contributed by atoms with Crippen LogP contribution in [-0.2, 0) is 5.60 Å². The lowest BCUT2D eigenvalue weighted by Gasteiger charge is -2.34. The number of fused-ring (bicyclic) bond motifs is 1.